The van der Waals surface area contributed by atoms with Gasteiger partial charge in [0.1, 0.15) is 24.4 Å². The van der Waals surface area contributed by atoms with E-state index in [1.165, 1.54) is 11.3 Å². The van der Waals surface area contributed by atoms with Crippen LogP contribution in [0, 0.1) is 17.3 Å². The van der Waals surface area contributed by atoms with Gasteiger partial charge in [-0.2, -0.15) is 0 Å². The van der Waals surface area contributed by atoms with E-state index in [4.69, 9.17) is 14.1 Å². The minimum Gasteiger partial charge on any atom is -0.449 e. The minimum atomic E-state index is -0.876. The van der Waals surface area contributed by atoms with Crippen molar-refractivity contribution in [1.82, 2.24) is 20.4 Å². The minimum absolute atomic E-state index is 0.0612. The number of fused-ring (bicyclic) bond motifs is 1. The molecule has 0 spiro atoms. The molecule has 4 amide bonds. The Morgan fingerprint density at radius 1 is 0.957 bits per heavy atom. The Morgan fingerprint density at radius 2 is 1.63 bits per heavy atom. The topological polar surface area (TPSA) is 127 Å². The highest BCUT2D eigenvalue weighted by Crippen LogP contribution is 2.33. The lowest BCUT2D eigenvalue weighted by atomic mass is 9.82. The van der Waals surface area contributed by atoms with Gasteiger partial charge in [-0.05, 0) is 47.6 Å². The Kier molecular flexibility index (Phi) is 11.2. The van der Waals surface area contributed by atoms with Gasteiger partial charge in [0.05, 0.1) is 13.2 Å². The average molecular weight is 639 g/mol. The summed E-state index contributed by atoms with van der Waals surface area (Å²) in [5.74, 6) is -0.268. The van der Waals surface area contributed by atoms with Crippen LogP contribution in [0.25, 0.3) is 0 Å². The molecule has 4 atom stereocenters. The molecule has 2 saturated carbocycles. The first-order chi connectivity index (χ1) is 22.0. The standard InChI is InChI=1S/C34H51BN4O7/c1-34(2,3)21-44-32(42)37-29(23-12-5-4-6-13-23)31(41)39-20-26(45-33(43)38-18-24-14-7-8-15-25(24)19-38)17-27(39)30(40)36-28(46-35)16-22-10-9-11-22/h7-8,14-15,22-23,26-29H,4-6,9-13,16-21,35H2,1-3H3,(H,36,40)(H,37,42). The summed E-state index contributed by atoms with van der Waals surface area (Å²) in [7, 11) is 1.58. The summed E-state index contributed by atoms with van der Waals surface area (Å²) in [6.45, 7) is 7.08. The number of alkyl carbamates (subject to hydrolysis) is 1. The highest BCUT2D eigenvalue weighted by molar-refractivity contribution is 5.98. The molecule has 11 nitrogen and oxygen atoms in total. The number of carbonyl (C=O) groups excluding carboxylic acids is 4. The number of likely N-dealkylation sites (tertiary alicyclic amines) is 1. The molecule has 2 aliphatic carbocycles. The van der Waals surface area contributed by atoms with Crippen molar-refractivity contribution >= 4 is 32.0 Å². The average Bonchev–Trinajstić information content (AvgIpc) is 3.64. The molecule has 4 aliphatic rings. The van der Waals surface area contributed by atoms with Crippen LogP contribution >= 0.6 is 0 Å². The van der Waals surface area contributed by atoms with Crippen LogP contribution in [0.5, 0.6) is 0 Å². The maximum atomic E-state index is 14.4. The second-order valence-electron chi connectivity index (χ2n) is 14.8. The van der Waals surface area contributed by atoms with Crippen molar-refractivity contribution in [3.63, 3.8) is 0 Å². The predicted octanol–water partition coefficient (Wildman–Crippen LogP) is 4.03. The van der Waals surface area contributed by atoms with Crippen LogP contribution in [-0.4, -0.2) is 79.4 Å². The number of hydrogen-bond donors (Lipinski definition) is 2. The zero-order valence-electron chi connectivity index (χ0n) is 27.9. The fourth-order valence-electron chi connectivity index (χ4n) is 7.03. The van der Waals surface area contributed by atoms with E-state index in [0.29, 0.717) is 25.4 Å². The molecule has 252 valence electrons. The van der Waals surface area contributed by atoms with Gasteiger partial charge in [0.2, 0.25) is 11.8 Å². The van der Waals surface area contributed by atoms with E-state index in [1.807, 2.05) is 45.0 Å². The lowest BCUT2D eigenvalue weighted by Crippen LogP contribution is -2.57. The fourth-order valence-corrected chi connectivity index (χ4v) is 7.03. The van der Waals surface area contributed by atoms with Crippen molar-refractivity contribution in [3.8, 4) is 0 Å². The van der Waals surface area contributed by atoms with E-state index >= 15 is 0 Å². The van der Waals surface area contributed by atoms with Gasteiger partial charge in [0.15, 0.2) is 0 Å². The number of carbonyl (C=O) groups is 4. The Bertz CT molecular complexity index is 1220. The Labute approximate surface area is 273 Å². The molecule has 3 fully saturated rings. The highest BCUT2D eigenvalue weighted by Gasteiger charge is 2.46. The Morgan fingerprint density at radius 3 is 2.22 bits per heavy atom. The fraction of sp³-hybridized carbons (Fsp3) is 0.706. The van der Waals surface area contributed by atoms with E-state index < -0.39 is 36.6 Å². The first-order valence-corrected chi connectivity index (χ1v) is 17.1. The zero-order chi connectivity index (χ0) is 32.8. The normalized spacial score (nSPS) is 23.2. The number of hydrogen-bond acceptors (Lipinski definition) is 7. The lowest BCUT2D eigenvalue weighted by Gasteiger charge is -2.35. The number of amides is 4. The van der Waals surface area contributed by atoms with Crippen molar-refractivity contribution in [2.45, 2.75) is 122 Å². The van der Waals surface area contributed by atoms with Crippen LogP contribution in [-0.2, 0) is 36.8 Å². The van der Waals surface area contributed by atoms with Gasteiger partial charge >= 0.3 is 12.2 Å². The molecule has 0 radical (unpaired) electrons. The summed E-state index contributed by atoms with van der Waals surface area (Å²) in [6.07, 6.45) is 6.62. The maximum absolute atomic E-state index is 14.4. The molecule has 5 rings (SSSR count). The molecule has 0 bridgehead atoms. The molecule has 46 heavy (non-hydrogen) atoms. The van der Waals surface area contributed by atoms with Gasteiger partial charge in [-0.1, -0.05) is 83.6 Å². The quantitative estimate of drug-likeness (QED) is 0.293. The number of rotatable bonds is 10. The highest BCUT2D eigenvalue weighted by atomic mass is 16.6. The van der Waals surface area contributed by atoms with Crippen LogP contribution in [0.4, 0.5) is 9.59 Å². The third-order valence-electron chi connectivity index (χ3n) is 9.87. The van der Waals surface area contributed by atoms with Crippen molar-refractivity contribution in [2.75, 3.05) is 13.2 Å². The third-order valence-corrected chi connectivity index (χ3v) is 9.87. The zero-order valence-corrected chi connectivity index (χ0v) is 27.9. The van der Waals surface area contributed by atoms with Gasteiger partial charge in [0, 0.05) is 19.5 Å². The van der Waals surface area contributed by atoms with Crippen molar-refractivity contribution in [2.24, 2.45) is 17.3 Å². The van der Waals surface area contributed by atoms with Crippen LogP contribution < -0.4 is 10.6 Å². The molecule has 1 aromatic carbocycles. The van der Waals surface area contributed by atoms with E-state index in [1.54, 1.807) is 12.9 Å². The second-order valence-corrected chi connectivity index (χ2v) is 14.8. The van der Waals surface area contributed by atoms with Gasteiger partial charge in [-0.15, -0.1) is 0 Å². The van der Waals surface area contributed by atoms with Crippen LogP contribution in [0.1, 0.15) is 96.1 Å². The lowest BCUT2D eigenvalue weighted by molar-refractivity contribution is -0.142. The number of ether oxygens (including phenoxy) is 2. The Hall–Kier alpha value is -3.28. The van der Waals surface area contributed by atoms with Crippen molar-refractivity contribution in [1.29, 1.82) is 0 Å². The molecule has 4 unspecified atom stereocenters. The molecular weight excluding hydrogens is 587 g/mol. The van der Waals surface area contributed by atoms with Gasteiger partial charge in [0.25, 0.3) is 8.05 Å². The number of benzene rings is 1. The molecule has 12 heteroatoms. The molecule has 1 aromatic rings. The van der Waals surface area contributed by atoms with Crippen molar-refractivity contribution < 1.29 is 33.3 Å². The summed E-state index contributed by atoms with van der Waals surface area (Å²) in [5, 5.41) is 5.89. The van der Waals surface area contributed by atoms with Crippen LogP contribution in [0.15, 0.2) is 24.3 Å². The summed E-state index contributed by atoms with van der Waals surface area (Å²) in [4.78, 5) is 57.7. The number of nitrogens with zero attached hydrogens (tertiary/aromatic N) is 2. The molecule has 2 N–H and O–H groups in total. The Balaban J connectivity index is 1.32. The SMILES string of the molecule is BOC(CC1CCC1)NC(=O)C1CC(OC(=O)N2Cc3ccccc3C2)CN1C(=O)C(NC(=O)OCC(C)(C)C)C1CCCCC1. The third kappa shape index (κ3) is 8.75. The van der Waals surface area contributed by atoms with E-state index in [0.717, 1.165) is 56.1 Å². The molecular formula is C34H51BN4O7. The summed E-state index contributed by atoms with van der Waals surface area (Å²) in [6, 6.07) is 6.17. The largest absolute Gasteiger partial charge is 0.449 e. The predicted molar refractivity (Wildman–Crippen MR) is 174 cm³/mol. The number of nitrogens with one attached hydrogen (secondary N) is 2. The van der Waals surface area contributed by atoms with Crippen LogP contribution in [0.2, 0.25) is 0 Å². The van der Waals surface area contributed by atoms with Gasteiger partial charge < -0.3 is 29.7 Å². The summed E-state index contributed by atoms with van der Waals surface area (Å²) < 4.78 is 17.1. The van der Waals surface area contributed by atoms with Crippen LogP contribution in [0.3, 0.4) is 0 Å². The second kappa shape index (κ2) is 15.1. The smallest absolute Gasteiger partial charge is 0.410 e. The first-order valence-electron chi connectivity index (χ1n) is 17.1. The molecule has 1 saturated heterocycles. The van der Waals surface area contributed by atoms with Gasteiger partial charge in [-0.3, -0.25) is 14.5 Å². The van der Waals surface area contributed by atoms with Gasteiger partial charge in [-0.25, -0.2) is 9.59 Å². The van der Waals surface area contributed by atoms with Crippen molar-refractivity contribution in [3.05, 3.63) is 35.4 Å². The van der Waals surface area contributed by atoms with E-state index in [2.05, 4.69) is 10.6 Å². The molecule has 2 heterocycles. The maximum Gasteiger partial charge on any atom is 0.410 e. The molecule has 2 aliphatic heterocycles. The monoisotopic (exact) mass is 638 g/mol. The summed E-state index contributed by atoms with van der Waals surface area (Å²) in [5.41, 5.74) is 1.93. The summed E-state index contributed by atoms with van der Waals surface area (Å²) >= 11 is 0. The molecule has 0 aromatic heterocycles. The first kappa shape index (κ1) is 34.1. The van der Waals surface area contributed by atoms with E-state index in [9.17, 15) is 19.2 Å². The van der Waals surface area contributed by atoms with E-state index in [-0.39, 0.29) is 42.7 Å².